The maximum absolute atomic E-state index is 4.68. The van der Waals surface area contributed by atoms with Gasteiger partial charge in [-0.05, 0) is 47.8 Å². The highest BCUT2D eigenvalue weighted by atomic mass is 15.1. The van der Waals surface area contributed by atoms with Crippen molar-refractivity contribution in [2.45, 2.75) is 32.7 Å². The SMILES string of the molecule is CN(C)CCCNc1cc(NC(C)(C)C)nc(-c2ccccc2)n1. The number of nitrogens with zero attached hydrogens (tertiary/aromatic N) is 3. The summed E-state index contributed by atoms with van der Waals surface area (Å²) in [6, 6.07) is 12.1. The number of nitrogens with one attached hydrogen (secondary N) is 2. The van der Waals surface area contributed by atoms with E-state index in [0.29, 0.717) is 0 Å². The minimum atomic E-state index is -0.0511. The third-order valence-electron chi connectivity index (χ3n) is 3.35. The molecule has 0 amide bonds. The van der Waals surface area contributed by atoms with E-state index in [4.69, 9.17) is 0 Å². The molecule has 0 aliphatic heterocycles. The first-order chi connectivity index (χ1) is 11.3. The van der Waals surface area contributed by atoms with E-state index < -0.39 is 0 Å². The van der Waals surface area contributed by atoms with E-state index in [2.05, 4.69) is 60.4 Å². The van der Waals surface area contributed by atoms with Crippen LogP contribution in [0.2, 0.25) is 0 Å². The molecule has 2 N–H and O–H groups in total. The van der Waals surface area contributed by atoms with E-state index in [-0.39, 0.29) is 5.54 Å². The second kappa shape index (κ2) is 8.11. The largest absolute Gasteiger partial charge is 0.370 e. The lowest BCUT2D eigenvalue weighted by molar-refractivity contribution is 0.405. The van der Waals surface area contributed by atoms with E-state index in [1.807, 2.05) is 36.4 Å². The van der Waals surface area contributed by atoms with Crippen LogP contribution in [0, 0.1) is 0 Å². The van der Waals surface area contributed by atoms with Gasteiger partial charge < -0.3 is 15.5 Å². The average Bonchev–Trinajstić information content (AvgIpc) is 2.50. The van der Waals surface area contributed by atoms with Gasteiger partial charge in [0.15, 0.2) is 5.82 Å². The molecule has 0 saturated heterocycles. The molecule has 0 fully saturated rings. The Kier molecular flexibility index (Phi) is 6.15. The van der Waals surface area contributed by atoms with Crippen LogP contribution in [0.15, 0.2) is 36.4 Å². The summed E-state index contributed by atoms with van der Waals surface area (Å²) < 4.78 is 0. The molecule has 1 aromatic carbocycles. The van der Waals surface area contributed by atoms with Crippen LogP contribution in [-0.2, 0) is 0 Å². The van der Waals surface area contributed by atoms with Gasteiger partial charge >= 0.3 is 0 Å². The summed E-state index contributed by atoms with van der Waals surface area (Å²) >= 11 is 0. The van der Waals surface area contributed by atoms with Crippen LogP contribution < -0.4 is 10.6 Å². The Bertz CT molecular complexity index is 632. The van der Waals surface area contributed by atoms with Gasteiger partial charge in [-0.15, -0.1) is 0 Å². The third-order valence-corrected chi connectivity index (χ3v) is 3.35. The second-order valence-electron chi connectivity index (χ2n) is 7.29. The van der Waals surface area contributed by atoms with Crippen molar-refractivity contribution in [3.63, 3.8) is 0 Å². The monoisotopic (exact) mass is 327 g/mol. The van der Waals surface area contributed by atoms with Crippen molar-refractivity contribution in [3.05, 3.63) is 36.4 Å². The molecule has 0 spiro atoms. The average molecular weight is 327 g/mol. The Morgan fingerprint density at radius 1 is 1.00 bits per heavy atom. The summed E-state index contributed by atoms with van der Waals surface area (Å²) in [4.78, 5) is 11.5. The van der Waals surface area contributed by atoms with Crippen LogP contribution in [0.4, 0.5) is 11.6 Å². The molecule has 0 aliphatic carbocycles. The van der Waals surface area contributed by atoms with Gasteiger partial charge in [0.1, 0.15) is 11.6 Å². The van der Waals surface area contributed by atoms with Crippen LogP contribution in [0.5, 0.6) is 0 Å². The lowest BCUT2D eigenvalue weighted by Crippen LogP contribution is -2.27. The van der Waals surface area contributed by atoms with Crippen LogP contribution in [0.3, 0.4) is 0 Å². The van der Waals surface area contributed by atoms with Gasteiger partial charge in [-0.3, -0.25) is 0 Å². The molecule has 0 unspecified atom stereocenters. The van der Waals surface area contributed by atoms with Crippen molar-refractivity contribution in [1.82, 2.24) is 14.9 Å². The predicted octanol–water partition coefficient (Wildman–Crippen LogP) is 3.72. The molecule has 130 valence electrons. The molecule has 0 radical (unpaired) electrons. The summed E-state index contributed by atoms with van der Waals surface area (Å²) in [5.74, 6) is 2.43. The van der Waals surface area contributed by atoms with Crippen molar-refractivity contribution < 1.29 is 0 Å². The second-order valence-corrected chi connectivity index (χ2v) is 7.29. The highest BCUT2D eigenvalue weighted by Gasteiger charge is 2.13. The van der Waals surface area contributed by atoms with Gasteiger partial charge in [0.05, 0.1) is 0 Å². The number of hydrogen-bond donors (Lipinski definition) is 2. The molecule has 2 rings (SSSR count). The first-order valence-electron chi connectivity index (χ1n) is 8.45. The fourth-order valence-electron chi connectivity index (χ4n) is 2.31. The van der Waals surface area contributed by atoms with Crippen molar-refractivity contribution in [3.8, 4) is 11.4 Å². The zero-order chi connectivity index (χ0) is 17.6. The molecule has 24 heavy (non-hydrogen) atoms. The van der Waals surface area contributed by atoms with Crippen LogP contribution in [-0.4, -0.2) is 47.6 Å². The summed E-state index contributed by atoms with van der Waals surface area (Å²) in [7, 11) is 4.17. The Hall–Kier alpha value is -2.14. The van der Waals surface area contributed by atoms with Gasteiger partial charge in [0.2, 0.25) is 0 Å². The normalized spacial score (nSPS) is 11.6. The highest BCUT2D eigenvalue weighted by Crippen LogP contribution is 2.22. The standard InChI is InChI=1S/C19H29N5/c1-19(2,3)23-17-14-16(20-12-9-13-24(4)5)21-18(22-17)15-10-7-6-8-11-15/h6-8,10-11,14H,9,12-13H2,1-5H3,(H2,20,21,22,23). The molecule has 0 saturated carbocycles. The van der Waals surface area contributed by atoms with Crippen LogP contribution in [0.25, 0.3) is 11.4 Å². The minimum Gasteiger partial charge on any atom is -0.370 e. The summed E-state index contributed by atoms with van der Waals surface area (Å²) in [5, 5.41) is 6.86. The Morgan fingerprint density at radius 3 is 2.29 bits per heavy atom. The molecule has 0 atom stereocenters. The van der Waals surface area contributed by atoms with Gasteiger partial charge in [-0.25, -0.2) is 9.97 Å². The van der Waals surface area contributed by atoms with E-state index in [1.54, 1.807) is 0 Å². The molecule has 2 aromatic rings. The number of anilines is 2. The number of hydrogen-bond acceptors (Lipinski definition) is 5. The van der Waals surface area contributed by atoms with Gasteiger partial charge in [-0.2, -0.15) is 0 Å². The molecule has 0 aliphatic rings. The summed E-state index contributed by atoms with van der Waals surface area (Å²) in [6.07, 6.45) is 1.07. The fourth-order valence-corrected chi connectivity index (χ4v) is 2.31. The van der Waals surface area contributed by atoms with Crippen LogP contribution in [0.1, 0.15) is 27.2 Å². The third kappa shape index (κ3) is 6.16. The molecule has 5 heteroatoms. The topological polar surface area (TPSA) is 53.1 Å². The van der Waals surface area contributed by atoms with Gasteiger partial charge in [-0.1, -0.05) is 30.3 Å². The van der Waals surface area contributed by atoms with Crippen molar-refractivity contribution in [2.75, 3.05) is 37.8 Å². The highest BCUT2D eigenvalue weighted by molar-refractivity contribution is 5.61. The maximum Gasteiger partial charge on any atom is 0.163 e. The van der Waals surface area contributed by atoms with E-state index in [1.165, 1.54) is 0 Å². The maximum atomic E-state index is 4.68. The van der Waals surface area contributed by atoms with Crippen molar-refractivity contribution in [1.29, 1.82) is 0 Å². The summed E-state index contributed by atoms with van der Waals surface area (Å²) in [6.45, 7) is 8.32. The Labute approximate surface area is 145 Å². The number of rotatable bonds is 7. The molecular weight excluding hydrogens is 298 g/mol. The predicted molar refractivity (Wildman–Crippen MR) is 103 cm³/mol. The molecule has 5 nitrogen and oxygen atoms in total. The first kappa shape index (κ1) is 18.2. The first-order valence-corrected chi connectivity index (χ1v) is 8.45. The zero-order valence-electron chi connectivity index (χ0n) is 15.4. The van der Waals surface area contributed by atoms with Crippen molar-refractivity contribution in [2.24, 2.45) is 0 Å². The Morgan fingerprint density at radius 2 is 1.67 bits per heavy atom. The molecular formula is C19H29N5. The van der Waals surface area contributed by atoms with Gasteiger partial charge in [0.25, 0.3) is 0 Å². The fraction of sp³-hybridized carbons (Fsp3) is 0.474. The van der Waals surface area contributed by atoms with E-state index >= 15 is 0 Å². The number of benzene rings is 1. The smallest absolute Gasteiger partial charge is 0.163 e. The van der Waals surface area contributed by atoms with Crippen LogP contribution >= 0.6 is 0 Å². The molecule has 1 heterocycles. The number of aromatic nitrogens is 2. The lowest BCUT2D eigenvalue weighted by atomic mass is 10.1. The lowest BCUT2D eigenvalue weighted by Gasteiger charge is -2.22. The van der Waals surface area contributed by atoms with Crippen molar-refractivity contribution >= 4 is 11.6 Å². The quantitative estimate of drug-likeness (QED) is 0.759. The molecule has 1 aromatic heterocycles. The summed E-state index contributed by atoms with van der Waals surface area (Å²) in [5.41, 5.74) is 0.969. The zero-order valence-corrected chi connectivity index (χ0v) is 15.4. The van der Waals surface area contributed by atoms with E-state index in [0.717, 1.165) is 42.5 Å². The Balaban J connectivity index is 2.20. The van der Waals surface area contributed by atoms with Gasteiger partial charge in [0, 0.05) is 23.7 Å². The minimum absolute atomic E-state index is 0.0511. The molecule has 0 bridgehead atoms. The van der Waals surface area contributed by atoms with E-state index in [9.17, 15) is 0 Å².